The van der Waals surface area contributed by atoms with E-state index in [9.17, 15) is 30.3 Å². The van der Waals surface area contributed by atoms with Gasteiger partial charge in [-0.25, -0.2) is 0 Å². The molecule has 1 aliphatic carbocycles. The van der Waals surface area contributed by atoms with E-state index in [4.69, 9.17) is 33.2 Å². The second-order valence-electron chi connectivity index (χ2n) is 10.2. The van der Waals surface area contributed by atoms with Crippen LogP contribution in [0.3, 0.4) is 0 Å². The first-order valence-corrected chi connectivity index (χ1v) is 13.1. The van der Waals surface area contributed by atoms with Gasteiger partial charge >= 0.3 is 0 Å². The van der Waals surface area contributed by atoms with Crippen LogP contribution in [0.25, 0.3) is 0 Å². The summed E-state index contributed by atoms with van der Waals surface area (Å²) in [7, 11) is 4.28. The van der Waals surface area contributed by atoms with Gasteiger partial charge in [-0.1, -0.05) is 0 Å². The van der Waals surface area contributed by atoms with Crippen molar-refractivity contribution in [1.82, 2.24) is 0 Å². The van der Waals surface area contributed by atoms with Crippen LogP contribution in [0.1, 0.15) is 28.7 Å². The number of aliphatic hydroxyl groups excluding tert-OH is 4. The number of aromatic hydroxyl groups is 1. The van der Waals surface area contributed by atoms with Crippen LogP contribution < -0.4 is 18.9 Å². The Morgan fingerprint density at radius 1 is 0.927 bits per heavy atom. The maximum absolute atomic E-state index is 12.9. The summed E-state index contributed by atoms with van der Waals surface area (Å²) in [5.41, 5.74) is 1.80. The van der Waals surface area contributed by atoms with Crippen molar-refractivity contribution in [2.24, 2.45) is 11.8 Å². The largest absolute Gasteiger partial charge is 0.502 e. The molecule has 0 aromatic heterocycles. The summed E-state index contributed by atoms with van der Waals surface area (Å²) in [6, 6.07) is 6.71. The summed E-state index contributed by atoms with van der Waals surface area (Å²) in [4.78, 5) is 12.9. The van der Waals surface area contributed by atoms with Gasteiger partial charge < -0.3 is 63.5 Å². The maximum atomic E-state index is 12.9. The molecular weight excluding hydrogens is 544 g/mol. The van der Waals surface area contributed by atoms with Gasteiger partial charge in [-0.2, -0.15) is 0 Å². The van der Waals surface area contributed by atoms with Crippen molar-refractivity contribution in [1.29, 1.82) is 0 Å². The lowest BCUT2D eigenvalue weighted by molar-refractivity contribution is -0.318. The van der Waals surface area contributed by atoms with Crippen LogP contribution in [0.15, 0.2) is 24.3 Å². The van der Waals surface area contributed by atoms with E-state index < -0.39 is 61.2 Å². The van der Waals surface area contributed by atoms with E-state index in [1.54, 1.807) is 24.3 Å². The molecule has 0 saturated carbocycles. The minimum atomic E-state index is -1.66. The molecular formula is C28H34O13. The molecule has 2 aliphatic heterocycles. The Hall–Kier alpha value is -3.17. The fourth-order valence-electron chi connectivity index (χ4n) is 5.94. The van der Waals surface area contributed by atoms with E-state index in [0.717, 1.165) is 6.29 Å². The third kappa shape index (κ3) is 5.07. The van der Waals surface area contributed by atoms with E-state index in [-0.39, 0.29) is 30.6 Å². The molecule has 2 heterocycles. The molecule has 4 unspecified atom stereocenters. The topological polar surface area (TPSA) is 183 Å². The molecule has 0 bridgehead atoms. The summed E-state index contributed by atoms with van der Waals surface area (Å²) in [5.74, 6) is -1.07. The van der Waals surface area contributed by atoms with Gasteiger partial charge in [-0.15, -0.1) is 0 Å². The summed E-state index contributed by atoms with van der Waals surface area (Å²) in [6.07, 6.45) is -7.69. The molecule has 0 amide bonds. The molecule has 41 heavy (non-hydrogen) atoms. The summed E-state index contributed by atoms with van der Waals surface area (Å²) in [6.45, 7) is -0.599. The number of rotatable bonds is 9. The Morgan fingerprint density at radius 3 is 2.12 bits per heavy atom. The van der Waals surface area contributed by atoms with E-state index in [1.165, 1.54) is 21.3 Å². The third-order valence-electron chi connectivity index (χ3n) is 7.99. The molecule has 2 aromatic rings. The minimum absolute atomic E-state index is 0.0133. The number of fused-ring (bicyclic) bond motifs is 2. The van der Waals surface area contributed by atoms with E-state index in [0.29, 0.717) is 28.2 Å². The molecule has 0 spiro atoms. The predicted octanol–water partition coefficient (Wildman–Crippen LogP) is 0.219. The van der Waals surface area contributed by atoms with Crippen molar-refractivity contribution in [3.8, 4) is 28.7 Å². The van der Waals surface area contributed by atoms with Crippen molar-refractivity contribution in [3.63, 3.8) is 0 Å². The van der Waals surface area contributed by atoms with Crippen molar-refractivity contribution in [3.05, 3.63) is 41.0 Å². The van der Waals surface area contributed by atoms with Crippen LogP contribution in [-0.2, 0) is 19.0 Å². The molecule has 1 saturated heterocycles. The van der Waals surface area contributed by atoms with Gasteiger partial charge in [0.1, 0.15) is 30.7 Å². The summed E-state index contributed by atoms with van der Waals surface area (Å²) >= 11 is 0. The highest BCUT2D eigenvalue weighted by Gasteiger charge is 2.50. The quantitative estimate of drug-likeness (QED) is 0.255. The highest BCUT2D eigenvalue weighted by molar-refractivity contribution is 5.65. The number of ether oxygens (including phenoxy) is 7. The molecule has 1 fully saturated rings. The smallest absolute Gasteiger partial charge is 0.231 e. The van der Waals surface area contributed by atoms with Gasteiger partial charge in [0.2, 0.25) is 12.5 Å². The lowest BCUT2D eigenvalue weighted by Gasteiger charge is -2.46. The standard InChI is InChI=1S/C28H34O13/c1-35-10-16-15(8-29)22(12-4-19(36-2)23(31)20(5-12)37-3)13-6-17-18(39-11-38-17)7-14(13)27(16)41-28-26(34)25(33)24(32)21(9-30)40-28/h4-8,15-16,21-22,24-28,30-34H,9-11H2,1-3H3/t15-,16-,21?,22?,24+,25?,26?,27+,28-/m0/s1. The third-order valence-corrected chi connectivity index (χ3v) is 7.99. The lowest BCUT2D eigenvalue weighted by Crippen LogP contribution is -2.59. The normalized spacial score (nSPS) is 32.3. The first-order valence-electron chi connectivity index (χ1n) is 13.1. The van der Waals surface area contributed by atoms with E-state index in [1.807, 2.05) is 0 Å². The summed E-state index contributed by atoms with van der Waals surface area (Å²) < 4.78 is 39.5. The van der Waals surface area contributed by atoms with Gasteiger partial charge in [0.15, 0.2) is 29.3 Å². The fraction of sp³-hybridized carbons (Fsp3) is 0.536. The number of phenolic OH excluding ortho intramolecular Hbond substituents is 1. The van der Waals surface area contributed by atoms with Gasteiger partial charge in [-0.05, 0) is 41.0 Å². The Labute approximate surface area is 235 Å². The highest BCUT2D eigenvalue weighted by Crippen LogP contribution is 2.54. The Bertz CT molecular complexity index is 1220. The highest BCUT2D eigenvalue weighted by atomic mass is 16.7. The Kier molecular flexibility index (Phi) is 8.57. The van der Waals surface area contributed by atoms with Gasteiger partial charge in [-0.3, -0.25) is 0 Å². The number of methoxy groups -OCH3 is 3. The number of aldehydes is 1. The number of aliphatic hydroxyl groups is 4. The van der Waals surface area contributed by atoms with E-state index in [2.05, 4.69) is 0 Å². The average Bonchev–Trinajstić information content (AvgIpc) is 3.44. The molecule has 13 nitrogen and oxygen atoms in total. The SMILES string of the molecule is COC[C@@H]1[C@H](O[C@@H]2OC(CO)[C@@H](O)C(O)C2O)c2cc3c(cc2C(c2cc(OC)c(O)c(OC)c2)[C@H]1C=O)OCO3. The minimum Gasteiger partial charge on any atom is -0.502 e. The Balaban J connectivity index is 1.66. The maximum Gasteiger partial charge on any atom is 0.231 e. The first-order chi connectivity index (χ1) is 19.8. The van der Waals surface area contributed by atoms with Gasteiger partial charge in [0.25, 0.3) is 0 Å². The number of benzene rings is 2. The molecule has 3 aliphatic rings. The van der Waals surface area contributed by atoms with Gasteiger partial charge in [0.05, 0.1) is 33.5 Å². The zero-order chi connectivity index (χ0) is 29.4. The van der Waals surface area contributed by atoms with Crippen LogP contribution in [0.5, 0.6) is 28.7 Å². The molecule has 5 N–H and O–H groups in total. The second kappa shape index (κ2) is 12.0. The number of hydrogen-bond donors (Lipinski definition) is 5. The van der Waals surface area contributed by atoms with Crippen molar-refractivity contribution in [2.45, 2.75) is 42.7 Å². The van der Waals surface area contributed by atoms with Crippen LogP contribution in [0.4, 0.5) is 0 Å². The molecule has 2 aromatic carbocycles. The zero-order valence-electron chi connectivity index (χ0n) is 22.7. The number of carbonyl (C=O) groups excluding carboxylic acids is 1. The van der Waals surface area contributed by atoms with Gasteiger partial charge in [0, 0.05) is 24.9 Å². The van der Waals surface area contributed by atoms with Crippen molar-refractivity contribution in [2.75, 3.05) is 41.3 Å². The molecule has 13 heteroatoms. The first kappa shape index (κ1) is 29.3. The van der Waals surface area contributed by atoms with Crippen LogP contribution in [-0.4, -0.2) is 104 Å². The van der Waals surface area contributed by atoms with Crippen LogP contribution in [0, 0.1) is 11.8 Å². The average molecular weight is 579 g/mol. The number of carbonyl (C=O) groups is 1. The van der Waals surface area contributed by atoms with Crippen molar-refractivity contribution >= 4 is 6.29 Å². The fourth-order valence-corrected chi connectivity index (χ4v) is 5.94. The zero-order valence-corrected chi connectivity index (χ0v) is 22.7. The van der Waals surface area contributed by atoms with Crippen molar-refractivity contribution < 1.29 is 63.5 Å². The monoisotopic (exact) mass is 578 g/mol. The lowest BCUT2D eigenvalue weighted by atomic mass is 9.65. The van der Waals surface area contributed by atoms with E-state index >= 15 is 0 Å². The molecule has 5 rings (SSSR count). The molecule has 9 atom stereocenters. The number of hydrogen-bond acceptors (Lipinski definition) is 13. The molecule has 224 valence electrons. The Morgan fingerprint density at radius 2 is 1.56 bits per heavy atom. The van der Waals surface area contributed by atoms with Crippen LogP contribution in [0.2, 0.25) is 0 Å². The second-order valence-corrected chi connectivity index (χ2v) is 10.2. The summed E-state index contributed by atoms with van der Waals surface area (Å²) in [5, 5.41) is 51.5. The number of phenols is 1. The van der Waals surface area contributed by atoms with Crippen LogP contribution >= 0.6 is 0 Å². The predicted molar refractivity (Wildman–Crippen MR) is 138 cm³/mol. The molecule has 0 radical (unpaired) electrons.